The highest BCUT2D eigenvalue weighted by atomic mass is 19.1. The lowest BCUT2D eigenvalue weighted by Gasteiger charge is -2.36. The van der Waals surface area contributed by atoms with Crippen molar-refractivity contribution in [3.8, 4) is 5.75 Å². The first-order chi connectivity index (χ1) is 14.1. The van der Waals surface area contributed by atoms with Gasteiger partial charge in [0.15, 0.2) is 11.6 Å². The molecule has 1 aromatic heterocycles. The van der Waals surface area contributed by atoms with Crippen LogP contribution in [0.3, 0.4) is 0 Å². The van der Waals surface area contributed by atoms with E-state index in [2.05, 4.69) is 10.2 Å². The number of fused-ring (bicyclic) bond motifs is 5. The standard InChI is InChI=1S/C21H24FN3O4/c1-2-28-21(27)15-11-25(12-3-4-12)17-14(19(15)26)9-16(22)18-20(17)29-8-5-13-10-23-6-7-24(13)18/h9,11-13,23H,2-8,10H2,1H3. The van der Waals surface area contributed by atoms with Gasteiger partial charge in [-0.15, -0.1) is 0 Å². The van der Waals surface area contributed by atoms with Gasteiger partial charge in [0, 0.05) is 44.3 Å². The van der Waals surface area contributed by atoms with Gasteiger partial charge < -0.3 is 24.3 Å². The summed E-state index contributed by atoms with van der Waals surface area (Å²) in [6, 6.07) is 1.59. The van der Waals surface area contributed by atoms with Crippen molar-refractivity contribution in [3.05, 3.63) is 33.9 Å². The first-order valence-electron chi connectivity index (χ1n) is 10.3. The van der Waals surface area contributed by atoms with Crippen LogP contribution >= 0.6 is 0 Å². The minimum Gasteiger partial charge on any atom is -0.489 e. The fraction of sp³-hybridized carbons (Fsp3) is 0.524. The van der Waals surface area contributed by atoms with Gasteiger partial charge in [0.2, 0.25) is 5.43 Å². The Hall–Kier alpha value is -2.61. The average Bonchev–Trinajstić information content (AvgIpc) is 3.55. The quantitative estimate of drug-likeness (QED) is 0.795. The maximum absolute atomic E-state index is 15.4. The number of piperazine rings is 1. The smallest absolute Gasteiger partial charge is 0.343 e. The van der Waals surface area contributed by atoms with E-state index in [1.54, 1.807) is 13.1 Å². The van der Waals surface area contributed by atoms with Crippen LogP contribution in [0.4, 0.5) is 10.1 Å². The monoisotopic (exact) mass is 401 g/mol. The van der Waals surface area contributed by atoms with E-state index in [-0.39, 0.29) is 29.6 Å². The zero-order valence-electron chi connectivity index (χ0n) is 16.4. The molecule has 2 fully saturated rings. The van der Waals surface area contributed by atoms with Crippen LogP contribution in [0, 0.1) is 5.82 Å². The number of hydrogen-bond acceptors (Lipinski definition) is 6. The number of anilines is 1. The number of nitrogens with zero attached hydrogens (tertiary/aromatic N) is 2. The third-order valence-corrected chi connectivity index (χ3v) is 5.97. The second kappa shape index (κ2) is 7.02. The summed E-state index contributed by atoms with van der Waals surface area (Å²) < 4.78 is 28.4. The molecule has 7 nitrogen and oxygen atoms in total. The van der Waals surface area contributed by atoms with E-state index in [0.717, 1.165) is 32.4 Å². The maximum Gasteiger partial charge on any atom is 0.343 e. The summed E-state index contributed by atoms with van der Waals surface area (Å²) >= 11 is 0. The van der Waals surface area contributed by atoms with Gasteiger partial charge in [0.05, 0.1) is 24.1 Å². The summed E-state index contributed by atoms with van der Waals surface area (Å²) in [5, 5.41) is 3.53. The molecule has 3 aliphatic rings. The fourth-order valence-corrected chi connectivity index (χ4v) is 4.45. The molecular formula is C21H24FN3O4. The molecule has 0 radical (unpaired) electrons. The Balaban J connectivity index is 1.79. The first kappa shape index (κ1) is 18.4. The zero-order chi connectivity index (χ0) is 20.1. The van der Waals surface area contributed by atoms with Gasteiger partial charge in [0.1, 0.15) is 11.3 Å². The fourth-order valence-electron chi connectivity index (χ4n) is 4.45. The summed E-state index contributed by atoms with van der Waals surface area (Å²) in [5.74, 6) is -0.738. The van der Waals surface area contributed by atoms with E-state index in [4.69, 9.17) is 9.47 Å². The van der Waals surface area contributed by atoms with E-state index < -0.39 is 17.2 Å². The highest BCUT2D eigenvalue weighted by Gasteiger charge is 2.35. The Kier molecular flexibility index (Phi) is 4.46. The molecule has 5 rings (SSSR count). The maximum atomic E-state index is 15.4. The number of carbonyl (C=O) groups excluding carboxylic acids is 1. The number of esters is 1. The molecule has 0 bridgehead atoms. The van der Waals surface area contributed by atoms with Crippen LogP contribution in [0.5, 0.6) is 5.75 Å². The Morgan fingerprint density at radius 1 is 1.34 bits per heavy atom. The number of benzene rings is 1. The highest BCUT2D eigenvalue weighted by Crippen LogP contribution is 2.45. The Morgan fingerprint density at radius 2 is 2.17 bits per heavy atom. The van der Waals surface area contributed by atoms with Crippen LogP contribution in [-0.4, -0.2) is 49.4 Å². The van der Waals surface area contributed by atoms with Crippen LogP contribution in [0.1, 0.15) is 42.6 Å². The van der Waals surface area contributed by atoms with Crippen molar-refractivity contribution in [2.45, 2.75) is 38.3 Å². The molecule has 1 N–H and O–H groups in total. The highest BCUT2D eigenvalue weighted by molar-refractivity contribution is 5.97. The predicted octanol–water partition coefficient (Wildman–Crippen LogP) is 2.21. The topological polar surface area (TPSA) is 72.8 Å². The van der Waals surface area contributed by atoms with Crippen molar-refractivity contribution in [1.29, 1.82) is 0 Å². The minimum absolute atomic E-state index is 0.0562. The number of ether oxygens (including phenoxy) is 2. The van der Waals surface area contributed by atoms with E-state index in [9.17, 15) is 9.59 Å². The Labute approximate surface area is 167 Å². The van der Waals surface area contributed by atoms with Crippen molar-refractivity contribution in [3.63, 3.8) is 0 Å². The molecule has 1 aromatic carbocycles. The van der Waals surface area contributed by atoms with E-state index >= 15 is 4.39 Å². The van der Waals surface area contributed by atoms with Gasteiger partial charge in [-0.1, -0.05) is 0 Å². The summed E-state index contributed by atoms with van der Waals surface area (Å²) in [6.45, 7) is 4.54. The molecule has 3 heterocycles. The number of pyridine rings is 1. The summed E-state index contributed by atoms with van der Waals surface area (Å²) in [4.78, 5) is 27.5. The number of halogens is 1. The molecule has 0 spiro atoms. The van der Waals surface area contributed by atoms with Gasteiger partial charge in [0.25, 0.3) is 0 Å². The summed E-state index contributed by atoms with van der Waals surface area (Å²) in [5.41, 5.74) is 0.446. The van der Waals surface area contributed by atoms with Gasteiger partial charge in [-0.05, 0) is 25.8 Å². The number of rotatable bonds is 3. The molecule has 0 amide bonds. The van der Waals surface area contributed by atoms with Crippen LogP contribution < -0.4 is 20.4 Å². The Morgan fingerprint density at radius 3 is 2.93 bits per heavy atom. The molecule has 1 aliphatic carbocycles. The molecule has 2 aromatic rings. The van der Waals surface area contributed by atoms with Gasteiger partial charge in [-0.2, -0.15) is 0 Å². The molecule has 1 saturated carbocycles. The first-order valence-corrected chi connectivity index (χ1v) is 10.3. The van der Waals surface area contributed by atoms with Crippen LogP contribution in [-0.2, 0) is 4.74 Å². The molecule has 29 heavy (non-hydrogen) atoms. The lowest BCUT2D eigenvalue weighted by molar-refractivity contribution is 0.0524. The Bertz CT molecular complexity index is 1050. The van der Waals surface area contributed by atoms with Crippen molar-refractivity contribution in [1.82, 2.24) is 9.88 Å². The number of aromatic nitrogens is 1. The van der Waals surface area contributed by atoms with E-state index in [0.29, 0.717) is 30.1 Å². The van der Waals surface area contributed by atoms with Crippen molar-refractivity contribution in [2.24, 2.45) is 0 Å². The third-order valence-electron chi connectivity index (χ3n) is 5.97. The molecule has 1 unspecified atom stereocenters. The third kappa shape index (κ3) is 2.97. The van der Waals surface area contributed by atoms with Crippen molar-refractivity contribution >= 4 is 22.6 Å². The van der Waals surface area contributed by atoms with Crippen LogP contribution in [0.2, 0.25) is 0 Å². The lowest BCUT2D eigenvalue weighted by atomic mass is 10.1. The lowest BCUT2D eigenvalue weighted by Crippen LogP contribution is -2.51. The average molecular weight is 401 g/mol. The number of hydrogen-bond donors (Lipinski definition) is 1. The minimum atomic E-state index is -0.674. The SMILES string of the molecule is CCOC(=O)c1cn(C2CC2)c2c3c(c(F)cc2c1=O)N1CCNCC1CCO3. The van der Waals surface area contributed by atoms with Gasteiger partial charge >= 0.3 is 5.97 Å². The molecule has 8 heteroatoms. The second-order valence-corrected chi connectivity index (χ2v) is 7.85. The van der Waals surface area contributed by atoms with Gasteiger partial charge in [-0.3, -0.25) is 4.79 Å². The second-order valence-electron chi connectivity index (χ2n) is 7.85. The largest absolute Gasteiger partial charge is 0.489 e. The zero-order valence-corrected chi connectivity index (χ0v) is 16.4. The molecule has 2 aliphatic heterocycles. The van der Waals surface area contributed by atoms with E-state index in [1.807, 2.05) is 4.57 Å². The van der Waals surface area contributed by atoms with Crippen molar-refractivity contribution in [2.75, 3.05) is 37.7 Å². The predicted molar refractivity (Wildman–Crippen MR) is 107 cm³/mol. The molecule has 1 saturated heterocycles. The summed E-state index contributed by atoms with van der Waals surface area (Å²) in [6.07, 6.45) is 4.24. The van der Waals surface area contributed by atoms with Crippen LogP contribution in [0.25, 0.3) is 10.9 Å². The van der Waals surface area contributed by atoms with E-state index in [1.165, 1.54) is 6.07 Å². The molecule has 154 valence electrons. The number of nitrogens with one attached hydrogen (secondary N) is 1. The summed E-state index contributed by atoms with van der Waals surface area (Å²) in [7, 11) is 0. The van der Waals surface area contributed by atoms with Crippen LogP contribution in [0.15, 0.2) is 17.1 Å². The van der Waals surface area contributed by atoms with Gasteiger partial charge in [-0.25, -0.2) is 9.18 Å². The molecule has 1 atom stereocenters. The number of carbonyl (C=O) groups is 1. The normalized spacial score (nSPS) is 21.2. The molecular weight excluding hydrogens is 377 g/mol. The van der Waals surface area contributed by atoms with Crippen molar-refractivity contribution < 1.29 is 18.7 Å².